The zero-order chi connectivity index (χ0) is 12.2. The molecule has 0 saturated carbocycles. The molecule has 0 unspecified atom stereocenters. The zero-order valence-electron chi connectivity index (χ0n) is 10.1. The quantitative estimate of drug-likeness (QED) is 0.755. The van der Waals surface area contributed by atoms with Crippen LogP contribution in [-0.4, -0.2) is 16.3 Å². The Morgan fingerprint density at radius 3 is 2.61 bits per heavy atom. The predicted octanol–water partition coefficient (Wildman–Crippen LogP) is 3.15. The molecule has 18 heavy (non-hydrogen) atoms. The number of fused-ring (bicyclic) bond motifs is 1. The van der Waals surface area contributed by atoms with Gasteiger partial charge in [-0.15, -0.1) is 0 Å². The van der Waals surface area contributed by atoms with Gasteiger partial charge in [-0.3, -0.25) is 4.68 Å². The minimum absolute atomic E-state index is 0.863. The highest BCUT2D eigenvalue weighted by Gasteiger charge is 2.00. The van der Waals surface area contributed by atoms with Gasteiger partial charge in [0, 0.05) is 17.6 Å². The van der Waals surface area contributed by atoms with Crippen LogP contribution >= 0.6 is 0 Å². The first-order chi connectivity index (χ1) is 8.93. The van der Waals surface area contributed by atoms with Gasteiger partial charge in [-0.2, -0.15) is 5.10 Å². The Kier molecular flexibility index (Phi) is 2.96. The Balaban J connectivity index is 1.67. The summed E-state index contributed by atoms with van der Waals surface area (Å²) in [5.41, 5.74) is 2.33. The lowest BCUT2D eigenvalue weighted by atomic mass is 10.2. The molecule has 0 amide bonds. The zero-order valence-corrected chi connectivity index (χ0v) is 10.1. The molecule has 1 aromatic heterocycles. The van der Waals surface area contributed by atoms with Crippen LogP contribution in [0.25, 0.3) is 10.9 Å². The van der Waals surface area contributed by atoms with Crippen molar-refractivity contribution >= 4 is 16.6 Å². The molecule has 0 fully saturated rings. The Hall–Kier alpha value is -2.29. The van der Waals surface area contributed by atoms with E-state index in [9.17, 15) is 0 Å². The lowest BCUT2D eigenvalue weighted by molar-refractivity contribution is 0.660. The molecule has 0 aliphatic rings. The molecule has 3 nitrogen and oxygen atoms in total. The fraction of sp³-hybridized carbons (Fsp3) is 0.133. The standard InChI is InChI=1S/C15H15N3/c1-2-7-14(8-3-1)16-10-11-18-15-9-5-4-6-13(15)12-17-18/h1-9,12,16H,10-11H2. The van der Waals surface area contributed by atoms with Gasteiger partial charge >= 0.3 is 0 Å². The fourth-order valence-corrected chi connectivity index (χ4v) is 2.07. The third kappa shape index (κ3) is 2.20. The number of hydrogen-bond acceptors (Lipinski definition) is 2. The second kappa shape index (κ2) is 4.92. The molecule has 0 aliphatic carbocycles. The molecule has 0 bridgehead atoms. The minimum atomic E-state index is 0.863. The summed E-state index contributed by atoms with van der Waals surface area (Å²) in [4.78, 5) is 0. The molecule has 3 aromatic rings. The maximum atomic E-state index is 4.40. The fourth-order valence-electron chi connectivity index (χ4n) is 2.07. The van der Waals surface area contributed by atoms with E-state index in [0.29, 0.717) is 0 Å². The van der Waals surface area contributed by atoms with Gasteiger partial charge in [-0.05, 0) is 18.2 Å². The summed E-state index contributed by atoms with van der Waals surface area (Å²) < 4.78 is 2.03. The van der Waals surface area contributed by atoms with E-state index in [4.69, 9.17) is 0 Å². The molecule has 0 spiro atoms. The molecule has 1 heterocycles. The number of benzene rings is 2. The van der Waals surface area contributed by atoms with E-state index in [1.54, 1.807) is 0 Å². The lowest BCUT2D eigenvalue weighted by Gasteiger charge is -2.07. The first-order valence-corrected chi connectivity index (χ1v) is 6.13. The summed E-state index contributed by atoms with van der Waals surface area (Å²) in [6.07, 6.45) is 1.91. The Bertz CT molecular complexity index is 628. The van der Waals surface area contributed by atoms with Crippen LogP contribution in [0.1, 0.15) is 0 Å². The molecule has 2 aromatic carbocycles. The molecular weight excluding hydrogens is 222 g/mol. The summed E-state index contributed by atoms with van der Waals surface area (Å²) in [5, 5.41) is 8.98. The molecule has 0 radical (unpaired) electrons. The highest BCUT2D eigenvalue weighted by atomic mass is 15.3. The van der Waals surface area contributed by atoms with Crippen molar-refractivity contribution in [1.82, 2.24) is 9.78 Å². The molecule has 3 rings (SSSR count). The van der Waals surface area contributed by atoms with Crippen molar-refractivity contribution < 1.29 is 0 Å². The van der Waals surface area contributed by atoms with E-state index in [1.165, 1.54) is 10.9 Å². The Labute approximate surface area is 106 Å². The number of nitrogens with one attached hydrogen (secondary N) is 1. The number of rotatable bonds is 4. The van der Waals surface area contributed by atoms with Gasteiger partial charge in [0.05, 0.1) is 18.3 Å². The maximum Gasteiger partial charge on any atom is 0.0683 e. The van der Waals surface area contributed by atoms with Gasteiger partial charge < -0.3 is 5.32 Å². The molecule has 0 atom stereocenters. The van der Waals surface area contributed by atoms with Crippen LogP contribution in [0.2, 0.25) is 0 Å². The van der Waals surface area contributed by atoms with E-state index < -0.39 is 0 Å². The van der Waals surface area contributed by atoms with E-state index in [2.05, 4.69) is 34.7 Å². The number of para-hydroxylation sites is 2. The predicted molar refractivity (Wildman–Crippen MR) is 74.7 cm³/mol. The van der Waals surface area contributed by atoms with Crippen LogP contribution in [-0.2, 0) is 6.54 Å². The monoisotopic (exact) mass is 237 g/mol. The molecule has 0 aliphatic heterocycles. The second-order valence-corrected chi connectivity index (χ2v) is 4.22. The van der Waals surface area contributed by atoms with Crippen molar-refractivity contribution in [1.29, 1.82) is 0 Å². The van der Waals surface area contributed by atoms with Crippen LogP contribution < -0.4 is 5.32 Å². The van der Waals surface area contributed by atoms with Crippen LogP contribution in [0.5, 0.6) is 0 Å². The largest absolute Gasteiger partial charge is 0.383 e. The van der Waals surface area contributed by atoms with Crippen molar-refractivity contribution in [2.75, 3.05) is 11.9 Å². The van der Waals surface area contributed by atoms with E-state index >= 15 is 0 Å². The van der Waals surface area contributed by atoms with Gasteiger partial charge in [0.25, 0.3) is 0 Å². The number of anilines is 1. The van der Waals surface area contributed by atoms with E-state index in [1.807, 2.05) is 41.2 Å². The van der Waals surface area contributed by atoms with Gasteiger partial charge in [0.2, 0.25) is 0 Å². The summed E-state index contributed by atoms with van der Waals surface area (Å²) in [6.45, 7) is 1.73. The number of aromatic nitrogens is 2. The smallest absolute Gasteiger partial charge is 0.0683 e. The summed E-state index contributed by atoms with van der Waals surface area (Å²) in [7, 11) is 0. The van der Waals surface area contributed by atoms with Gasteiger partial charge in [0.1, 0.15) is 0 Å². The third-order valence-electron chi connectivity index (χ3n) is 2.98. The van der Waals surface area contributed by atoms with Crippen LogP contribution in [0, 0.1) is 0 Å². The molecule has 90 valence electrons. The second-order valence-electron chi connectivity index (χ2n) is 4.22. The van der Waals surface area contributed by atoms with E-state index in [-0.39, 0.29) is 0 Å². The molecule has 0 saturated heterocycles. The molecular formula is C15H15N3. The average molecular weight is 237 g/mol. The summed E-state index contributed by atoms with van der Waals surface area (Å²) in [5.74, 6) is 0. The molecule has 3 heteroatoms. The highest BCUT2D eigenvalue weighted by Crippen LogP contribution is 2.12. The number of nitrogens with zero attached hydrogens (tertiary/aromatic N) is 2. The summed E-state index contributed by atoms with van der Waals surface area (Å²) >= 11 is 0. The molecule has 1 N–H and O–H groups in total. The van der Waals surface area contributed by atoms with Crippen molar-refractivity contribution in [3.05, 3.63) is 60.8 Å². The third-order valence-corrected chi connectivity index (χ3v) is 2.98. The highest BCUT2D eigenvalue weighted by molar-refractivity contribution is 5.78. The first-order valence-electron chi connectivity index (χ1n) is 6.13. The topological polar surface area (TPSA) is 29.9 Å². The van der Waals surface area contributed by atoms with Crippen LogP contribution in [0.3, 0.4) is 0 Å². The first kappa shape index (κ1) is 10.8. The average Bonchev–Trinajstić information content (AvgIpc) is 2.84. The minimum Gasteiger partial charge on any atom is -0.383 e. The van der Waals surface area contributed by atoms with Gasteiger partial charge in [-0.1, -0.05) is 36.4 Å². The maximum absolute atomic E-state index is 4.40. The van der Waals surface area contributed by atoms with Crippen molar-refractivity contribution in [2.24, 2.45) is 0 Å². The Morgan fingerprint density at radius 1 is 0.944 bits per heavy atom. The van der Waals surface area contributed by atoms with Gasteiger partial charge in [0.15, 0.2) is 0 Å². The van der Waals surface area contributed by atoms with Crippen molar-refractivity contribution in [2.45, 2.75) is 6.54 Å². The van der Waals surface area contributed by atoms with Crippen molar-refractivity contribution in [3.63, 3.8) is 0 Å². The van der Waals surface area contributed by atoms with Crippen LogP contribution in [0.15, 0.2) is 60.8 Å². The lowest BCUT2D eigenvalue weighted by Crippen LogP contribution is -2.11. The normalized spacial score (nSPS) is 10.7. The van der Waals surface area contributed by atoms with Gasteiger partial charge in [-0.25, -0.2) is 0 Å². The van der Waals surface area contributed by atoms with Crippen LogP contribution in [0.4, 0.5) is 5.69 Å². The Morgan fingerprint density at radius 2 is 1.72 bits per heavy atom. The van der Waals surface area contributed by atoms with E-state index in [0.717, 1.165) is 18.8 Å². The SMILES string of the molecule is c1ccc(NCCn2ncc3ccccc32)cc1. The number of hydrogen-bond donors (Lipinski definition) is 1. The van der Waals surface area contributed by atoms with Crippen molar-refractivity contribution in [3.8, 4) is 0 Å². The summed E-state index contributed by atoms with van der Waals surface area (Å²) in [6, 6.07) is 18.5.